The van der Waals surface area contributed by atoms with Crippen LogP contribution in [-0.2, 0) is 0 Å². The standard InChI is InChI=1S/C15H21N5OS/c1-3-19(15-17-11(2)10-22-15)14(21)13-6-8-20(18-13)12-5-4-7-16-9-12/h6,8,10,12,16H,3-5,7,9H2,1-2H3. The summed E-state index contributed by atoms with van der Waals surface area (Å²) in [5, 5.41) is 10.6. The number of thiazole rings is 1. The predicted octanol–water partition coefficient (Wildman–Crippen LogP) is 2.24. The summed E-state index contributed by atoms with van der Waals surface area (Å²) in [5.41, 5.74) is 1.42. The molecule has 7 heteroatoms. The molecular weight excluding hydrogens is 298 g/mol. The molecule has 2 aromatic rings. The fourth-order valence-electron chi connectivity index (χ4n) is 2.68. The van der Waals surface area contributed by atoms with Crippen LogP contribution < -0.4 is 10.2 Å². The third-order valence-corrected chi connectivity index (χ3v) is 4.85. The molecule has 1 saturated heterocycles. The summed E-state index contributed by atoms with van der Waals surface area (Å²) in [5.74, 6) is -0.0839. The summed E-state index contributed by atoms with van der Waals surface area (Å²) in [7, 11) is 0. The zero-order valence-electron chi connectivity index (χ0n) is 13.0. The molecule has 3 rings (SSSR count). The number of nitrogens with zero attached hydrogens (tertiary/aromatic N) is 4. The van der Waals surface area contributed by atoms with E-state index in [-0.39, 0.29) is 5.91 Å². The van der Waals surface area contributed by atoms with Gasteiger partial charge in [0.25, 0.3) is 5.91 Å². The maximum absolute atomic E-state index is 12.7. The minimum atomic E-state index is -0.0839. The van der Waals surface area contributed by atoms with Crippen molar-refractivity contribution in [1.29, 1.82) is 0 Å². The zero-order chi connectivity index (χ0) is 15.5. The van der Waals surface area contributed by atoms with Crippen LogP contribution in [0.2, 0.25) is 0 Å². The van der Waals surface area contributed by atoms with Gasteiger partial charge in [-0.05, 0) is 39.3 Å². The molecular formula is C15H21N5OS. The van der Waals surface area contributed by atoms with Crippen LogP contribution in [0.3, 0.4) is 0 Å². The van der Waals surface area contributed by atoms with Crippen molar-refractivity contribution in [3.63, 3.8) is 0 Å². The molecule has 1 aliphatic heterocycles. The Morgan fingerprint density at radius 2 is 2.45 bits per heavy atom. The highest BCUT2D eigenvalue weighted by Gasteiger charge is 2.23. The van der Waals surface area contributed by atoms with Crippen molar-refractivity contribution in [3.8, 4) is 0 Å². The molecule has 0 aromatic carbocycles. The van der Waals surface area contributed by atoms with Gasteiger partial charge in [-0.25, -0.2) is 4.98 Å². The summed E-state index contributed by atoms with van der Waals surface area (Å²) >= 11 is 1.49. The number of rotatable bonds is 4. The number of anilines is 1. The van der Waals surface area contributed by atoms with E-state index in [0.717, 1.165) is 36.8 Å². The Morgan fingerprint density at radius 1 is 1.59 bits per heavy atom. The fraction of sp³-hybridized carbons (Fsp3) is 0.533. The normalized spacial score (nSPS) is 18.4. The number of carbonyl (C=O) groups is 1. The molecule has 1 fully saturated rings. The van der Waals surface area contributed by atoms with Gasteiger partial charge < -0.3 is 5.32 Å². The molecule has 1 N–H and O–H groups in total. The van der Waals surface area contributed by atoms with Crippen LogP contribution in [0, 0.1) is 6.92 Å². The quantitative estimate of drug-likeness (QED) is 0.939. The minimum Gasteiger partial charge on any atom is -0.315 e. The summed E-state index contributed by atoms with van der Waals surface area (Å²) in [6.07, 6.45) is 4.16. The Balaban J connectivity index is 1.77. The maximum Gasteiger partial charge on any atom is 0.280 e. The van der Waals surface area contributed by atoms with Gasteiger partial charge in [0, 0.05) is 24.7 Å². The van der Waals surface area contributed by atoms with Gasteiger partial charge in [-0.2, -0.15) is 5.10 Å². The molecule has 0 saturated carbocycles. The third-order valence-electron chi connectivity index (χ3n) is 3.87. The number of carbonyl (C=O) groups excluding carboxylic acids is 1. The van der Waals surface area contributed by atoms with Gasteiger partial charge in [0.1, 0.15) is 0 Å². The van der Waals surface area contributed by atoms with E-state index in [0.29, 0.717) is 18.3 Å². The Kier molecular flexibility index (Phi) is 4.54. The average Bonchev–Trinajstić information content (AvgIpc) is 3.18. The number of aryl methyl sites for hydroxylation is 1. The van der Waals surface area contributed by atoms with Crippen molar-refractivity contribution < 1.29 is 4.79 Å². The Bertz CT molecular complexity index is 644. The van der Waals surface area contributed by atoms with Gasteiger partial charge in [0.05, 0.1) is 11.7 Å². The van der Waals surface area contributed by atoms with E-state index in [1.807, 2.05) is 30.1 Å². The fourth-order valence-corrected chi connectivity index (χ4v) is 3.55. The molecule has 0 bridgehead atoms. The van der Waals surface area contributed by atoms with E-state index < -0.39 is 0 Å². The summed E-state index contributed by atoms with van der Waals surface area (Å²) < 4.78 is 1.92. The van der Waals surface area contributed by atoms with E-state index in [9.17, 15) is 4.79 Å². The van der Waals surface area contributed by atoms with E-state index in [1.54, 1.807) is 11.0 Å². The number of piperidine rings is 1. The molecule has 1 aliphatic rings. The molecule has 6 nitrogen and oxygen atoms in total. The maximum atomic E-state index is 12.7. The minimum absolute atomic E-state index is 0.0839. The first kappa shape index (κ1) is 15.2. The monoisotopic (exact) mass is 319 g/mol. The molecule has 1 unspecified atom stereocenters. The van der Waals surface area contributed by atoms with Gasteiger partial charge >= 0.3 is 0 Å². The van der Waals surface area contributed by atoms with Gasteiger partial charge in [-0.15, -0.1) is 11.3 Å². The second kappa shape index (κ2) is 6.58. The molecule has 1 amide bonds. The van der Waals surface area contributed by atoms with Crippen molar-refractivity contribution in [1.82, 2.24) is 20.1 Å². The van der Waals surface area contributed by atoms with Crippen LogP contribution in [0.4, 0.5) is 5.13 Å². The van der Waals surface area contributed by atoms with E-state index in [1.165, 1.54) is 11.3 Å². The molecule has 2 aromatic heterocycles. The number of nitrogens with one attached hydrogen (secondary N) is 1. The van der Waals surface area contributed by atoms with Gasteiger partial charge in [0.2, 0.25) is 0 Å². The number of amides is 1. The molecule has 0 radical (unpaired) electrons. The second-order valence-corrected chi connectivity index (χ2v) is 6.34. The summed E-state index contributed by atoms with van der Waals surface area (Å²) in [4.78, 5) is 18.8. The summed E-state index contributed by atoms with van der Waals surface area (Å²) in [6.45, 7) is 6.46. The zero-order valence-corrected chi connectivity index (χ0v) is 13.8. The van der Waals surface area contributed by atoms with Crippen molar-refractivity contribution in [2.45, 2.75) is 32.7 Å². The van der Waals surface area contributed by atoms with E-state index in [4.69, 9.17) is 0 Å². The Labute approximate surface area is 134 Å². The molecule has 3 heterocycles. The second-order valence-electron chi connectivity index (χ2n) is 5.50. The van der Waals surface area contributed by atoms with E-state index in [2.05, 4.69) is 15.4 Å². The lowest BCUT2D eigenvalue weighted by Gasteiger charge is -2.23. The lowest BCUT2D eigenvalue weighted by atomic mass is 10.1. The highest BCUT2D eigenvalue weighted by atomic mass is 32.1. The van der Waals surface area contributed by atoms with Gasteiger partial charge in [-0.3, -0.25) is 14.4 Å². The van der Waals surface area contributed by atoms with Crippen LogP contribution in [0.15, 0.2) is 17.6 Å². The lowest BCUT2D eigenvalue weighted by molar-refractivity contribution is 0.0982. The third kappa shape index (κ3) is 3.05. The van der Waals surface area contributed by atoms with Crippen molar-refractivity contribution >= 4 is 22.4 Å². The Hall–Kier alpha value is -1.73. The summed E-state index contributed by atoms with van der Waals surface area (Å²) in [6, 6.07) is 2.15. The van der Waals surface area contributed by atoms with Crippen LogP contribution in [0.25, 0.3) is 0 Å². The van der Waals surface area contributed by atoms with Crippen molar-refractivity contribution in [2.75, 3.05) is 24.5 Å². The first-order valence-electron chi connectivity index (χ1n) is 7.69. The molecule has 0 spiro atoms. The number of hydrogen-bond donors (Lipinski definition) is 1. The van der Waals surface area contributed by atoms with Crippen LogP contribution >= 0.6 is 11.3 Å². The first-order valence-corrected chi connectivity index (χ1v) is 8.57. The van der Waals surface area contributed by atoms with Crippen LogP contribution in [0.5, 0.6) is 0 Å². The molecule has 118 valence electrons. The number of hydrogen-bond acceptors (Lipinski definition) is 5. The van der Waals surface area contributed by atoms with Crippen molar-refractivity contribution in [3.05, 3.63) is 29.0 Å². The predicted molar refractivity (Wildman–Crippen MR) is 87.6 cm³/mol. The highest BCUT2D eigenvalue weighted by Crippen LogP contribution is 2.22. The smallest absolute Gasteiger partial charge is 0.280 e. The Morgan fingerprint density at radius 3 is 3.09 bits per heavy atom. The van der Waals surface area contributed by atoms with Crippen LogP contribution in [0.1, 0.15) is 42.0 Å². The topological polar surface area (TPSA) is 63.1 Å². The average molecular weight is 319 g/mol. The number of aromatic nitrogens is 3. The largest absolute Gasteiger partial charge is 0.315 e. The molecule has 22 heavy (non-hydrogen) atoms. The van der Waals surface area contributed by atoms with E-state index >= 15 is 0 Å². The first-order chi connectivity index (χ1) is 10.7. The lowest BCUT2D eigenvalue weighted by Crippen LogP contribution is -2.33. The molecule has 1 atom stereocenters. The van der Waals surface area contributed by atoms with Gasteiger partial charge in [0.15, 0.2) is 10.8 Å². The van der Waals surface area contributed by atoms with Crippen LogP contribution in [-0.4, -0.2) is 40.3 Å². The molecule has 0 aliphatic carbocycles. The van der Waals surface area contributed by atoms with Crippen molar-refractivity contribution in [2.24, 2.45) is 0 Å². The SMILES string of the molecule is CCN(C(=O)c1ccn(C2CCCNC2)n1)c1nc(C)cs1. The highest BCUT2D eigenvalue weighted by molar-refractivity contribution is 7.14. The van der Waals surface area contributed by atoms with Gasteiger partial charge in [-0.1, -0.05) is 0 Å².